The Morgan fingerprint density at radius 1 is 1.47 bits per heavy atom. The van der Waals surface area contributed by atoms with Crippen LogP contribution in [-0.4, -0.2) is 22.1 Å². The first-order valence-electron chi connectivity index (χ1n) is 5.39. The van der Waals surface area contributed by atoms with Crippen molar-refractivity contribution >= 4 is 0 Å². The first-order chi connectivity index (χ1) is 7.18. The number of aryl methyl sites for hydroxylation is 1. The second kappa shape index (κ2) is 4.14. The number of hydrogen-bond donors (Lipinski definition) is 1. The third kappa shape index (κ3) is 2.65. The van der Waals surface area contributed by atoms with Gasteiger partial charge in [0.2, 0.25) is 0 Å². The summed E-state index contributed by atoms with van der Waals surface area (Å²) < 4.78 is 5.53. The van der Waals surface area contributed by atoms with Crippen molar-refractivity contribution in [2.45, 2.75) is 38.1 Å². The van der Waals surface area contributed by atoms with Gasteiger partial charge in [0.15, 0.2) is 0 Å². The van der Waals surface area contributed by atoms with E-state index in [0.717, 1.165) is 18.5 Å². The smallest absolute Gasteiger partial charge is 0.316 e. The molecule has 1 aromatic rings. The molecule has 82 valence electrons. The number of nitrogens with two attached hydrogens (primary N) is 1. The number of ether oxygens (including phenoxy) is 1. The third-order valence-electron chi connectivity index (χ3n) is 2.86. The molecule has 1 fully saturated rings. The van der Waals surface area contributed by atoms with Crippen LogP contribution in [0.15, 0.2) is 12.3 Å². The molecule has 0 spiro atoms. The monoisotopic (exact) mass is 207 g/mol. The predicted octanol–water partition coefficient (Wildman–Crippen LogP) is 1.44. The van der Waals surface area contributed by atoms with Crippen molar-refractivity contribution in [3.63, 3.8) is 0 Å². The Morgan fingerprint density at radius 3 is 2.87 bits per heavy atom. The molecular weight excluding hydrogens is 190 g/mol. The molecule has 0 aromatic carbocycles. The normalized spacial score (nSPS) is 19.1. The van der Waals surface area contributed by atoms with Crippen LogP contribution >= 0.6 is 0 Å². The maximum Gasteiger partial charge on any atom is 0.316 e. The van der Waals surface area contributed by atoms with Gasteiger partial charge >= 0.3 is 6.01 Å². The lowest BCUT2D eigenvalue weighted by atomic mass is 10.0. The minimum atomic E-state index is -0.160. The van der Waals surface area contributed by atoms with Gasteiger partial charge in [0.1, 0.15) is 6.61 Å². The molecule has 1 heterocycles. The van der Waals surface area contributed by atoms with Crippen molar-refractivity contribution < 1.29 is 4.74 Å². The van der Waals surface area contributed by atoms with Gasteiger partial charge in [-0.1, -0.05) is 12.8 Å². The lowest BCUT2D eigenvalue weighted by Crippen LogP contribution is -2.42. The molecule has 4 heteroatoms. The van der Waals surface area contributed by atoms with Crippen LogP contribution in [0.25, 0.3) is 0 Å². The van der Waals surface area contributed by atoms with Crippen LogP contribution < -0.4 is 10.5 Å². The Hall–Kier alpha value is -1.16. The summed E-state index contributed by atoms with van der Waals surface area (Å²) in [5.74, 6) is 0. The molecule has 0 atom stereocenters. The van der Waals surface area contributed by atoms with Crippen molar-refractivity contribution in [1.29, 1.82) is 0 Å². The molecule has 15 heavy (non-hydrogen) atoms. The molecule has 0 radical (unpaired) electrons. The van der Waals surface area contributed by atoms with E-state index >= 15 is 0 Å². The fraction of sp³-hybridized carbons (Fsp3) is 0.636. The molecule has 2 N–H and O–H groups in total. The van der Waals surface area contributed by atoms with E-state index in [9.17, 15) is 0 Å². The van der Waals surface area contributed by atoms with Crippen LogP contribution in [0, 0.1) is 6.92 Å². The first kappa shape index (κ1) is 10.4. The highest BCUT2D eigenvalue weighted by molar-refractivity contribution is 5.03. The molecule has 1 aromatic heterocycles. The lowest BCUT2D eigenvalue weighted by molar-refractivity contribution is 0.205. The van der Waals surface area contributed by atoms with Crippen molar-refractivity contribution in [2.24, 2.45) is 5.73 Å². The van der Waals surface area contributed by atoms with Gasteiger partial charge in [-0.15, -0.1) is 0 Å². The standard InChI is InChI=1S/C11H17N3O/c1-9-4-7-13-10(14-9)15-8-11(12)5-2-3-6-11/h4,7H,2-3,5-6,8,12H2,1H3. The highest BCUT2D eigenvalue weighted by Gasteiger charge is 2.30. The van der Waals surface area contributed by atoms with Gasteiger partial charge in [-0.05, 0) is 25.8 Å². The van der Waals surface area contributed by atoms with Crippen molar-refractivity contribution in [2.75, 3.05) is 6.61 Å². The molecule has 1 aliphatic carbocycles. The zero-order valence-electron chi connectivity index (χ0n) is 9.07. The van der Waals surface area contributed by atoms with Gasteiger partial charge in [0.05, 0.1) is 5.54 Å². The maximum atomic E-state index is 6.16. The Bertz CT molecular complexity index is 334. The topological polar surface area (TPSA) is 61.0 Å². The van der Waals surface area contributed by atoms with Gasteiger partial charge in [-0.25, -0.2) is 9.97 Å². The van der Waals surface area contributed by atoms with E-state index in [4.69, 9.17) is 10.5 Å². The minimum Gasteiger partial charge on any atom is -0.462 e. The van der Waals surface area contributed by atoms with Crippen LogP contribution in [0.3, 0.4) is 0 Å². The summed E-state index contributed by atoms with van der Waals surface area (Å²) in [6.45, 7) is 2.44. The predicted molar refractivity (Wildman–Crippen MR) is 57.7 cm³/mol. The zero-order valence-corrected chi connectivity index (χ0v) is 9.07. The minimum absolute atomic E-state index is 0.160. The van der Waals surface area contributed by atoms with Gasteiger partial charge in [-0.2, -0.15) is 0 Å². The number of hydrogen-bond acceptors (Lipinski definition) is 4. The summed E-state index contributed by atoms with van der Waals surface area (Å²) in [6, 6.07) is 2.28. The summed E-state index contributed by atoms with van der Waals surface area (Å²) >= 11 is 0. The molecule has 0 bridgehead atoms. The average Bonchev–Trinajstić information content (AvgIpc) is 2.63. The van der Waals surface area contributed by atoms with Crippen molar-refractivity contribution in [3.8, 4) is 6.01 Å². The summed E-state index contributed by atoms with van der Waals surface area (Å²) in [5, 5.41) is 0. The highest BCUT2D eigenvalue weighted by Crippen LogP contribution is 2.27. The number of aromatic nitrogens is 2. The largest absolute Gasteiger partial charge is 0.462 e. The van der Waals surface area contributed by atoms with E-state index in [1.54, 1.807) is 6.20 Å². The Balaban J connectivity index is 1.92. The van der Waals surface area contributed by atoms with E-state index in [-0.39, 0.29) is 5.54 Å². The third-order valence-corrected chi connectivity index (χ3v) is 2.86. The average molecular weight is 207 g/mol. The fourth-order valence-corrected chi connectivity index (χ4v) is 1.93. The molecule has 0 aliphatic heterocycles. The van der Waals surface area contributed by atoms with Gasteiger partial charge in [0.25, 0.3) is 0 Å². The van der Waals surface area contributed by atoms with E-state index in [2.05, 4.69) is 9.97 Å². The quantitative estimate of drug-likeness (QED) is 0.814. The number of nitrogens with zero attached hydrogens (tertiary/aromatic N) is 2. The van der Waals surface area contributed by atoms with Crippen LogP contribution in [-0.2, 0) is 0 Å². The molecule has 0 unspecified atom stereocenters. The Morgan fingerprint density at radius 2 is 2.20 bits per heavy atom. The van der Waals surface area contributed by atoms with Crippen LogP contribution in [0.5, 0.6) is 6.01 Å². The van der Waals surface area contributed by atoms with Crippen LogP contribution in [0.4, 0.5) is 0 Å². The molecule has 2 rings (SSSR count). The Labute approximate surface area is 89.9 Å². The second-order valence-electron chi connectivity index (χ2n) is 4.34. The molecule has 0 saturated heterocycles. The molecule has 1 saturated carbocycles. The van der Waals surface area contributed by atoms with E-state index in [0.29, 0.717) is 12.6 Å². The molecule has 1 aliphatic rings. The van der Waals surface area contributed by atoms with Gasteiger partial charge in [-0.3, -0.25) is 0 Å². The molecule has 4 nitrogen and oxygen atoms in total. The van der Waals surface area contributed by atoms with Crippen molar-refractivity contribution in [1.82, 2.24) is 9.97 Å². The number of rotatable bonds is 3. The van der Waals surface area contributed by atoms with Gasteiger partial charge < -0.3 is 10.5 Å². The summed E-state index contributed by atoms with van der Waals surface area (Å²) in [5.41, 5.74) is 6.92. The van der Waals surface area contributed by atoms with E-state index < -0.39 is 0 Å². The first-order valence-corrected chi connectivity index (χ1v) is 5.39. The summed E-state index contributed by atoms with van der Waals surface area (Å²) in [7, 11) is 0. The van der Waals surface area contributed by atoms with Crippen molar-refractivity contribution in [3.05, 3.63) is 18.0 Å². The van der Waals surface area contributed by atoms with Crippen LogP contribution in [0.2, 0.25) is 0 Å². The SMILES string of the molecule is Cc1ccnc(OCC2(N)CCCC2)n1. The summed E-state index contributed by atoms with van der Waals surface area (Å²) in [4.78, 5) is 8.22. The molecule has 0 amide bonds. The molecular formula is C11H17N3O. The lowest BCUT2D eigenvalue weighted by Gasteiger charge is -2.22. The zero-order chi connectivity index (χ0) is 10.7. The Kier molecular flexibility index (Phi) is 2.86. The summed E-state index contributed by atoms with van der Waals surface area (Å²) in [6.07, 6.45) is 6.19. The van der Waals surface area contributed by atoms with Crippen LogP contribution in [0.1, 0.15) is 31.4 Å². The van der Waals surface area contributed by atoms with E-state index in [1.807, 2.05) is 13.0 Å². The van der Waals surface area contributed by atoms with Gasteiger partial charge in [0, 0.05) is 11.9 Å². The second-order valence-corrected chi connectivity index (χ2v) is 4.34. The highest BCUT2D eigenvalue weighted by atomic mass is 16.5. The maximum absolute atomic E-state index is 6.16. The fourth-order valence-electron chi connectivity index (χ4n) is 1.93. The van der Waals surface area contributed by atoms with E-state index in [1.165, 1.54) is 12.8 Å².